The van der Waals surface area contributed by atoms with Gasteiger partial charge in [-0.15, -0.1) is 0 Å². The second kappa shape index (κ2) is 13.9. The molecule has 1 unspecified atom stereocenters. The van der Waals surface area contributed by atoms with Gasteiger partial charge in [-0.1, -0.05) is 169 Å². The highest BCUT2D eigenvalue weighted by Gasteiger charge is 2.46. The van der Waals surface area contributed by atoms with E-state index in [1.54, 1.807) is 0 Å². The smallest absolute Gasteiger partial charge is 0.335 e. The van der Waals surface area contributed by atoms with E-state index in [4.69, 9.17) is 33.1 Å². The number of benzene rings is 5. The predicted molar refractivity (Wildman–Crippen MR) is 202 cm³/mol. The molecule has 0 radical (unpaired) electrons. The fraction of sp³-hybridized carbons (Fsp3) is 0.0769. The molecule has 5 aromatic rings. The Morgan fingerprint density at radius 2 is 0.957 bits per heavy atom. The monoisotopic (exact) mass is 690 g/mol. The maximum Gasteiger partial charge on any atom is 0.335 e. The van der Waals surface area contributed by atoms with E-state index >= 15 is 0 Å². The molecule has 0 aliphatic heterocycles. The molecule has 0 saturated heterocycles. The fourth-order valence-corrected chi connectivity index (χ4v) is 14.7. The van der Waals surface area contributed by atoms with Gasteiger partial charge in [-0.3, -0.25) is 4.79 Å². The summed E-state index contributed by atoms with van der Waals surface area (Å²) in [5.74, 6) is -1.24. The molecule has 0 amide bonds. The lowest BCUT2D eigenvalue weighted by molar-refractivity contribution is -0.142. The highest BCUT2D eigenvalue weighted by Crippen LogP contribution is 2.62. The van der Waals surface area contributed by atoms with E-state index in [0.29, 0.717) is 5.57 Å². The van der Waals surface area contributed by atoms with Crippen molar-refractivity contribution in [3.63, 3.8) is 0 Å². The minimum atomic E-state index is -3.12. The van der Waals surface area contributed by atoms with Crippen LogP contribution >= 0.6 is 12.1 Å². The molecule has 0 N–H and O–H groups in total. The summed E-state index contributed by atoms with van der Waals surface area (Å²) in [4.78, 5) is 28.4. The van der Waals surface area contributed by atoms with Crippen LogP contribution in [-0.4, -0.2) is 31.8 Å². The van der Waals surface area contributed by atoms with Crippen molar-refractivity contribution < 1.29 is 19.1 Å². The molecule has 8 heteroatoms. The van der Waals surface area contributed by atoms with Gasteiger partial charge in [-0.05, 0) is 44.0 Å². The number of carbonyl (C=O) groups is 2. The Morgan fingerprint density at radius 1 is 0.553 bits per heavy atom. The third-order valence-electron chi connectivity index (χ3n) is 8.39. The van der Waals surface area contributed by atoms with Crippen molar-refractivity contribution in [2.75, 3.05) is 14.2 Å². The highest BCUT2D eigenvalue weighted by atomic mass is 32.4. The minimum absolute atomic E-state index is 0.167. The summed E-state index contributed by atoms with van der Waals surface area (Å²) in [6, 6.07) is 41.5. The van der Waals surface area contributed by atoms with E-state index in [1.807, 2.05) is 127 Å². The summed E-state index contributed by atoms with van der Waals surface area (Å²) in [7, 11) is 2.66. The summed E-state index contributed by atoms with van der Waals surface area (Å²) in [6.45, 7) is 0. The molecule has 0 bridgehead atoms. The largest absolute Gasteiger partial charge is 0.468 e. The Balaban J connectivity index is 1.73. The lowest BCUT2D eigenvalue weighted by Crippen LogP contribution is -2.37. The topological polar surface area (TPSA) is 52.6 Å². The summed E-state index contributed by atoms with van der Waals surface area (Å²) < 4.78 is 11.0. The van der Waals surface area contributed by atoms with Crippen molar-refractivity contribution >= 4 is 79.7 Å². The van der Waals surface area contributed by atoms with Crippen LogP contribution in [0.1, 0.15) is 11.1 Å². The fourth-order valence-electron chi connectivity index (χ4n) is 6.20. The standard InChI is InChI=1S/C39H32O4P2S2/c1-42-38(40)36(37(39(41)43-2)45(47,30-21-11-5-12-22-30)31-23-13-6-14-24-31)34-27-35(33-26-16-15-25-32(33)34)44(46,28-17-7-3-8-18-28)29-19-9-4-10-20-29/h3-27,37H,1-2H3/b36-34+. The van der Waals surface area contributed by atoms with Crippen LogP contribution < -0.4 is 21.2 Å². The lowest BCUT2D eigenvalue weighted by Gasteiger charge is -2.32. The first-order valence-corrected chi connectivity index (χ1v) is 20.7. The van der Waals surface area contributed by atoms with Gasteiger partial charge in [0.25, 0.3) is 0 Å². The van der Waals surface area contributed by atoms with Crippen molar-refractivity contribution in [3.05, 3.63) is 168 Å². The molecular formula is C39H32O4P2S2. The average molecular weight is 691 g/mol. The zero-order chi connectivity index (χ0) is 33.0. The first-order chi connectivity index (χ1) is 22.8. The highest BCUT2D eigenvalue weighted by molar-refractivity contribution is 8.26. The van der Waals surface area contributed by atoms with E-state index in [0.717, 1.165) is 37.7 Å². The average Bonchev–Trinajstić information content (AvgIpc) is 3.53. The Kier molecular flexibility index (Phi) is 9.68. The molecule has 234 valence electrons. The molecule has 0 heterocycles. The number of carbonyl (C=O) groups excluding carboxylic acids is 2. The van der Waals surface area contributed by atoms with E-state index in [9.17, 15) is 9.59 Å². The van der Waals surface area contributed by atoms with Gasteiger partial charge in [0.05, 0.1) is 19.8 Å². The third kappa shape index (κ3) is 5.81. The second-order valence-electron chi connectivity index (χ2n) is 10.9. The van der Waals surface area contributed by atoms with Crippen molar-refractivity contribution in [2.24, 2.45) is 0 Å². The Morgan fingerprint density at radius 3 is 1.38 bits per heavy atom. The number of allylic oxidation sites excluding steroid dienone is 2. The van der Waals surface area contributed by atoms with E-state index in [-0.39, 0.29) is 5.57 Å². The van der Waals surface area contributed by atoms with Gasteiger partial charge < -0.3 is 9.47 Å². The molecule has 0 spiro atoms. The summed E-state index contributed by atoms with van der Waals surface area (Å²) in [5.41, 5.74) is 1.29. The Hall–Kier alpha value is -4.18. The van der Waals surface area contributed by atoms with Gasteiger partial charge >= 0.3 is 11.9 Å². The molecule has 4 nitrogen and oxygen atoms in total. The lowest BCUT2D eigenvalue weighted by atomic mass is 9.98. The van der Waals surface area contributed by atoms with E-state index in [2.05, 4.69) is 24.3 Å². The molecule has 1 aliphatic rings. The number of fused-ring (bicyclic) bond motifs is 1. The zero-order valence-electron chi connectivity index (χ0n) is 25.9. The summed E-state index contributed by atoms with van der Waals surface area (Å²) in [6.07, 6.45) is 2.00. The second-order valence-corrected chi connectivity index (χ2v) is 19.9. The molecule has 47 heavy (non-hydrogen) atoms. The summed E-state index contributed by atoms with van der Waals surface area (Å²) >= 11 is 13.4. The predicted octanol–water partition coefficient (Wildman–Crippen LogP) is 6.77. The number of ether oxygens (including phenoxy) is 2. The number of rotatable bonds is 9. The van der Waals surface area contributed by atoms with E-state index < -0.39 is 29.7 Å². The van der Waals surface area contributed by atoms with Crippen molar-refractivity contribution in [2.45, 2.75) is 5.66 Å². The molecule has 0 saturated carbocycles. The molecular weight excluding hydrogens is 659 g/mol. The zero-order valence-corrected chi connectivity index (χ0v) is 29.3. The van der Waals surface area contributed by atoms with Crippen molar-refractivity contribution in [1.29, 1.82) is 0 Å². The van der Waals surface area contributed by atoms with Gasteiger partial charge in [0.1, 0.15) is 5.66 Å². The normalized spacial score (nSPS) is 14.4. The Bertz CT molecular complexity index is 2010. The molecule has 1 aliphatic carbocycles. The molecule has 1 atom stereocenters. The third-order valence-corrected chi connectivity index (χ3v) is 18.6. The van der Waals surface area contributed by atoms with Crippen LogP contribution in [0.4, 0.5) is 0 Å². The summed E-state index contributed by atoms with van der Waals surface area (Å²) in [5, 5.41) is 4.53. The number of hydrogen-bond donors (Lipinski definition) is 0. The van der Waals surface area contributed by atoms with Crippen LogP contribution in [0.25, 0.3) is 10.9 Å². The van der Waals surface area contributed by atoms with Crippen LogP contribution in [0, 0.1) is 0 Å². The Labute approximate surface area is 285 Å². The molecule has 5 aromatic carbocycles. The maximum absolute atomic E-state index is 14.2. The van der Waals surface area contributed by atoms with Crippen LogP contribution in [0.2, 0.25) is 0 Å². The van der Waals surface area contributed by atoms with Crippen LogP contribution in [0.5, 0.6) is 0 Å². The molecule has 0 fully saturated rings. The van der Waals surface area contributed by atoms with Crippen LogP contribution in [0.3, 0.4) is 0 Å². The molecule has 0 aromatic heterocycles. The van der Waals surface area contributed by atoms with Gasteiger partial charge in [0.2, 0.25) is 0 Å². The first-order valence-electron chi connectivity index (χ1n) is 15.0. The number of methoxy groups -OCH3 is 2. The van der Waals surface area contributed by atoms with Crippen LogP contribution in [-0.2, 0) is 42.7 Å². The first kappa shape index (κ1) is 32.7. The quantitative estimate of drug-likeness (QED) is 0.0968. The van der Waals surface area contributed by atoms with Gasteiger partial charge in [-0.2, -0.15) is 0 Å². The SMILES string of the molecule is COC(=O)/C(=C1\C=C(P(=S)(c2ccccc2)c2ccccc2)c2ccccc21)C(C(=O)OC)P(=S)(c1ccccc1)c1ccccc1. The number of esters is 2. The van der Waals surface area contributed by atoms with E-state index in [1.165, 1.54) is 14.2 Å². The van der Waals surface area contributed by atoms with Gasteiger partial charge in [0, 0.05) is 17.4 Å². The number of hydrogen-bond acceptors (Lipinski definition) is 6. The minimum Gasteiger partial charge on any atom is -0.468 e. The van der Waals surface area contributed by atoms with Crippen LogP contribution in [0.15, 0.2) is 157 Å². The maximum atomic E-state index is 14.2. The van der Waals surface area contributed by atoms with Gasteiger partial charge in [0.15, 0.2) is 0 Å². The molecule has 6 rings (SSSR count). The van der Waals surface area contributed by atoms with Gasteiger partial charge in [-0.25, -0.2) is 4.79 Å². The van der Waals surface area contributed by atoms with Crippen molar-refractivity contribution in [3.8, 4) is 0 Å². The van der Waals surface area contributed by atoms with Crippen molar-refractivity contribution in [1.82, 2.24) is 0 Å².